The quantitative estimate of drug-likeness (QED) is 0.644. The molecule has 0 fully saturated rings. The SMILES string of the molecule is CN1CCN(c2cccnc2C(=N)N)c2ccccc21. The maximum atomic E-state index is 7.70. The molecule has 0 amide bonds. The van der Waals surface area contributed by atoms with E-state index in [0.29, 0.717) is 5.69 Å². The predicted octanol–water partition coefficient (Wildman–Crippen LogP) is 1.95. The molecule has 0 saturated heterocycles. The summed E-state index contributed by atoms with van der Waals surface area (Å²) in [5.74, 6) is -0.00277. The Kier molecular flexibility index (Phi) is 3.02. The molecule has 1 aliphatic rings. The standard InChI is InChI=1S/C15H17N5/c1-19-9-10-20(12-6-3-2-5-11(12)19)13-7-4-8-18-14(13)15(16)17/h2-8H,9-10H2,1H3,(H3,16,17). The van der Waals surface area contributed by atoms with Gasteiger partial charge in [0, 0.05) is 26.3 Å². The summed E-state index contributed by atoms with van der Waals surface area (Å²) in [4.78, 5) is 8.65. The van der Waals surface area contributed by atoms with Crippen molar-refractivity contribution in [3.63, 3.8) is 0 Å². The van der Waals surface area contributed by atoms with Crippen molar-refractivity contribution in [2.45, 2.75) is 0 Å². The van der Waals surface area contributed by atoms with Gasteiger partial charge in [-0.25, -0.2) is 0 Å². The van der Waals surface area contributed by atoms with Gasteiger partial charge in [-0.15, -0.1) is 0 Å². The third-order valence-corrected chi connectivity index (χ3v) is 3.58. The normalized spacial score (nSPS) is 14.1. The van der Waals surface area contributed by atoms with E-state index in [0.717, 1.165) is 24.5 Å². The minimum atomic E-state index is -0.00277. The Morgan fingerprint density at radius 2 is 1.80 bits per heavy atom. The lowest BCUT2D eigenvalue weighted by Crippen LogP contribution is -2.37. The van der Waals surface area contributed by atoms with Crippen molar-refractivity contribution in [1.29, 1.82) is 5.41 Å². The Bertz CT molecular complexity index is 652. The highest BCUT2D eigenvalue weighted by Crippen LogP contribution is 2.37. The lowest BCUT2D eigenvalue weighted by Gasteiger charge is -2.37. The number of nitrogen functional groups attached to an aromatic ring is 1. The van der Waals surface area contributed by atoms with Crippen molar-refractivity contribution in [3.8, 4) is 0 Å². The summed E-state index contributed by atoms with van der Waals surface area (Å²) < 4.78 is 0. The Balaban J connectivity index is 2.13. The van der Waals surface area contributed by atoms with Gasteiger partial charge in [-0.2, -0.15) is 0 Å². The zero-order valence-corrected chi connectivity index (χ0v) is 11.4. The number of fused-ring (bicyclic) bond motifs is 1. The third-order valence-electron chi connectivity index (χ3n) is 3.58. The Hall–Kier alpha value is -2.56. The molecule has 0 aliphatic carbocycles. The van der Waals surface area contributed by atoms with Crippen LogP contribution in [0, 0.1) is 5.41 Å². The van der Waals surface area contributed by atoms with Crippen LogP contribution in [0.2, 0.25) is 0 Å². The molecule has 5 heteroatoms. The third kappa shape index (κ3) is 1.97. The van der Waals surface area contributed by atoms with Gasteiger partial charge >= 0.3 is 0 Å². The number of rotatable bonds is 2. The minimum absolute atomic E-state index is 0.00277. The first-order valence-corrected chi connectivity index (χ1v) is 6.55. The Labute approximate surface area is 118 Å². The topological polar surface area (TPSA) is 69.2 Å². The number of nitrogens with one attached hydrogen (secondary N) is 1. The summed E-state index contributed by atoms with van der Waals surface area (Å²) in [6, 6.07) is 12.1. The molecule has 0 bridgehead atoms. The molecule has 0 spiro atoms. The van der Waals surface area contributed by atoms with E-state index >= 15 is 0 Å². The van der Waals surface area contributed by atoms with E-state index in [1.807, 2.05) is 24.3 Å². The van der Waals surface area contributed by atoms with Crippen LogP contribution in [0.25, 0.3) is 0 Å². The molecule has 3 rings (SSSR count). The maximum Gasteiger partial charge on any atom is 0.143 e. The molecule has 3 N–H and O–H groups in total. The van der Waals surface area contributed by atoms with Gasteiger partial charge in [0.2, 0.25) is 0 Å². The number of para-hydroxylation sites is 2. The lowest BCUT2D eigenvalue weighted by atomic mass is 10.1. The zero-order valence-electron chi connectivity index (χ0n) is 11.4. The monoisotopic (exact) mass is 267 g/mol. The number of hydrogen-bond acceptors (Lipinski definition) is 4. The van der Waals surface area contributed by atoms with Gasteiger partial charge in [-0.1, -0.05) is 12.1 Å². The van der Waals surface area contributed by atoms with Crippen LogP contribution in [0.1, 0.15) is 5.69 Å². The first-order chi connectivity index (χ1) is 9.68. The number of pyridine rings is 1. The Morgan fingerprint density at radius 1 is 1.10 bits per heavy atom. The second-order valence-electron chi connectivity index (χ2n) is 4.85. The summed E-state index contributed by atoms with van der Waals surface area (Å²) in [7, 11) is 2.09. The van der Waals surface area contributed by atoms with Gasteiger partial charge in [-0.05, 0) is 24.3 Å². The Morgan fingerprint density at radius 3 is 2.55 bits per heavy atom. The van der Waals surface area contributed by atoms with E-state index < -0.39 is 0 Å². The number of anilines is 3. The zero-order chi connectivity index (χ0) is 14.1. The largest absolute Gasteiger partial charge is 0.382 e. The molecule has 2 heterocycles. The fraction of sp³-hybridized carbons (Fsp3) is 0.200. The number of likely N-dealkylation sites (N-methyl/N-ethyl adjacent to an activating group) is 1. The van der Waals surface area contributed by atoms with Gasteiger partial charge in [0.1, 0.15) is 11.5 Å². The lowest BCUT2D eigenvalue weighted by molar-refractivity contribution is 0.820. The van der Waals surface area contributed by atoms with Gasteiger partial charge in [0.05, 0.1) is 17.1 Å². The van der Waals surface area contributed by atoms with Crippen LogP contribution >= 0.6 is 0 Å². The van der Waals surface area contributed by atoms with Crippen molar-refractivity contribution >= 4 is 22.9 Å². The fourth-order valence-corrected chi connectivity index (χ4v) is 2.58. The molecule has 1 aliphatic heterocycles. The highest BCUT2D eigenvalue weighted by molar-refractivity contribution is 6.00. The number of nitrogens with zero attached hydrogens (tertiary/aromatic N) is 3. The molecule has 0 unspecified atom stereocenters. The van der Waals surface area contributed by atoms with E-state index in [1.165, 1.54) is 5.69 Å². The molecule has 0 saturated carbocycles. The maximum absolute atomic E-state index is 7.70. The highest BCUT2D eigenvalue weighted by Gasteiger charge is 2.23. The van der Waals surface area contributed by atoms with Crippen LogP contribution in [0.4, 0.5) is 17.1 Å². The van der Waals surface area contributed by atoms with Crippen LogP contribution in [-0.2, 0) is 0 Å². The molecule has 102 valence electrons. The molecular weight excluding hydrogens is 250 g/mol. The molecule has 5 nitrogen and oxygen atoms in total. The summed E-state index contributed by atoms with van der Waals surface area (Å²) >= 11 is 0. The van der Waals surface area contributed by atoms with Crippen LogP contribution in [0.5, 0.6) is 0 Å². The smallest absolute Gasteiger partial charge is 0.143 e. The van der Waals surface area contributed by atoms with Gasteiger partial charge in [-0.3, -0.25) is 10.4 Å². The van der Waals surface area contributed by atoms with Crippen LogP contribution < -0.4 is 15.5 Å². The van der Waals surface area contributed by atoms with Crippen molar-refractivity contribution in [3.05, 3.63) is 48.3 Å². The van der Waals surface area contributed by atoms with Gasteiger partial charge in [0.25, 0.3) is 0 Å². The van der Waals surface area contributed by atoms with Crippen molar-refractivity contribution in [2.24, 2.45) is 5.73 Å². The van der Waals surface area contributed by atoms with E-state index in [1.54, 1.807) is 6.20 Å². The van der Waals surface area contributed by atoms with Crippen LogP contribution in [-0.4, -0.2) is 31.0 Å². The number of benzene rings is 1. The fourth-order valence-electron chi connectivity index (χ4n) is 2.58. The van der Waals surface area contributed by atoms with Crippen molar-refractivity contribution in [1.82, 2.24) is 4.98 Å². The molecular formula is C15H17N5. The first-order valence-electron chi connectivity index (χ1n) is 6.55. The molecule has 1 aromatic heterocycles. The average Bonchev–Trinajstić information content (AvgIpc) is 2.48. The van der Waals surface area contributed by atoms with Crippen LogP contribution in [0.3, 0.4) is 0 Å². The minimum Gasteiger partial charge on any atom is -0.382 e. The number of hydrogen-bond donors (Lipinski definition) is 2. The molecule has 20 heavy (non-hydrogen) atoms. The molecule has 0 radical (unpaired) electrons. The van der Waals surface area contributed by atoms with E-state index in [2.05, 4.69) is 34.0 Å². The molecule has 0 atom stereocenters. The number of amidine groups is 1. The number of nitrogens with two attached hydrogens (primary N) is 1. The molecule has 2 aromatic rings. The summed E-state index contributed by atoms with van der Waals surface area (Å²) in [6.45, 7) is 1.77. The van der Waals surface area contributed by atoms with Gasteiger partial charge in [0.15, 0.2) is 0 Å². The molecule has 1 aromatic carbocycles. The van der Waals surface area contributed by atoms with E-state index in [4.69, 9.17) is 11.1 Å². The number of aromatic nitrogens is 1. The van der Waals surface area contributed by atoms with E-state index in [9.17, 15) is 0 Å². The average molecular weight is 267 g/mol. The first kappa shape index (κ1) is 12.5. The van der Waals surface area contributed by atoms with E-state index in [-0.39, 0.29) is 5.84 Å². The van der Waals surface area contributed by atoms with Crippen molar-refractivity contribution < 1.29 is 0 Å². The van der Waals surface area contributed by atoms with Gasteiger partial charge < -0.3 is 15.5 Å². The van der Waals surface area contributed by atoms with Crippen molar-refractivity contribution in [2.75, 3.05) is 29.9 Å². The summed E-state index contributed by atoms with van der Waals surface area (Å²) in [5.41, 5.74) is 9.38. The predicted molar refractivity (Wildman–Crippen MR) is 82.0 cm³/mol. The second-order valence-corrected chi connectivity index (χ2v) is 4.85. The summed E-state index contributed by atoms with van der Waals surface area (Å²) in [5, 5.41) is 7.70. The van der Waals surface area contributed by atoms with Crippen LogP contribution in [0.15, 0.2) is 42.6 Å². The highest BCUT2D eigenvalue weighted by atomic mass is 15.3. The summed E-state index contributed by atoms with van der Waals surface area (Å²) in [6.07, 6.45) is 1.67. The second kappa shape index (κ2) is 4.85.